The van der Waals surface area contributed by atoms with E-state index >= 15 is 0 Å². The zero-order chi connectivity index (χ0) is 14.7. The maximum absolute atomic E-state index is 5.60. The van der Waals surface area contributed by atoms with E-state index in [1.165, 1.54) is 25.9 Å². The van der Waals surface area contributed by atoms with Crippen molar-refractivity contribution in [2.75, 3.05) is 19.6 Å². The molecule has 0 amide bonds. The fourth-order valence-electron chi connectivity index (χ4n) is 3.03. The molecule has 1 N–H and O–H groups in total. The van der Waals surface area contributed by atoms with Gasteiger partial charge in [-0.2, -0.15) is 0 Å². The first-order valence-corrected chi connectivity index (χ1v) is 7.74. The molecule has 1 fully saturated rings. The fourth-order valence-corrected chi connectivity index (χ4v) is 3.03. The minimum atomic E-state index is 0.00468. The summed E-state index contributed by atoms with van der Waals surface area (Å²) in [6, 6.07) is 4.47. The van der Waals surface area contributed by atoms with E-state index in [1.54, 1.807) is 6.26 Å². The molecule has 1 aliphatic rings. The Morgan fingerprint density at radius 3 is 2.81 bits per heavy atom. The Morgan fingerprint density at radius 2 is 2.19 bits per heavy atom. The minimum absolute atomic E-state index is 0.00468. The Kier molecular flexibility index (Phi) is 4.41. The number of rotatable bonds is 6. The number of hydrogen-bond acceptors (Lipinski definition) is 4. The van der Waals surface area contributed by atoms with Gasteiger partial charge in [-0.3, -0.25) is 10.2 Å². The number of nitrogens with zero attached hydrogens (tertiary/aromatic N) is 3. The quantitative estimate of drug-likeness (QED) is 0.885. The Labute approximate surface area is 126 Å². The molecule has 3 rings (SSSR count). The number of likely N-dealkylation sites (tertiary alicyclic amines) is 1. The molecular formula is C16H24N4O. The fraction of sp³-hybridized carbons (Fsp3) is 0.562. The van der Waals surface area contributed by atoms with Crippen molar-refractivity contribution < 1.29 is 4.42 Å². The molecule has 2 aromatic heterocycles. The van der Waals surface area contributed by atoms with Gasteiger partial charge in [0, 0.05) is 32.0 Å². The zero-order valence-corrected chi connectivity index (χ0v) is 12.8. The first-order chi connectivity index (χ1) is 10.3. The number of hydrogen-bond donors (Lipinski definition) is 1. The van der Waals surface area contributed by atoms with E-state index in [1.807, 2.05) is 36.1 Å². The van der Waals surface area contributed by atoms with Crippen LogP contribution in [0.4, 0.5) is 0 Å². The molecule has 1 aliphatic heterocycles. The Balaban J connectivity index is 1.70. The highest BCUT2D eigenvalue weighted by molar-refractivity contribution is 5.15. The first-order valence-electron chi connectivity index (χ1n) is 7.74. The monoisotopic (exact) mass is 288 g/mol. The van der Waals surface area contributed by atoms with Crippen LogP contribution in [0.15, 0.2) is 35.2 Å². The lowest BCUT2D eigenvalue weighted by atomic mass is 10.2. The third kappa shape index (κ3) is 3.19. The van der Waals surface area contributed by atoms with Gasteiger partial charge in [0.25, 0.3) is 0 Å². The molecule has 0 saturated carbocycles. The van der Waals surface area contributed by atoms with E-state index in [4.69, 9.17) is 4.42 Å². The summed E-state index contributed by atoms with van der Waals surface area (Å²) in [6.45, 7) is 5.65. The van der Waals surface area contributed by atoms with Gasteiger partial charge in [0.05, 0.1) is 6.26 Å². The van der Waals surface area contributed by atoms with Crippen LogP contribution in [-0.2, 0) is 7.05 Å². The van der Waals surface area contributed by atoms with Crippen LogP contribution in [0.3, 0.4) is 0 Å². The molecular weight excluding hydrogens is 264 g/mol. The second-order valence-electron chi connectivity index (χ2n) is 5.85. The van der Waals surface area contributed by atoms with Gasteiger partial charge in [-0.25, -0.2) is 4.98 Å². The van der Waals surface area contributed by atoms with E-state index in [0.29, 0.717) is 6.04 Å². The van der Waals surface area contributed by atoms with Crippen LogP contribution >= 0.6 is 0 Å². The highest BCUT2D eigenvalue weighted by Gasteiger charge is 2.23. The van der Waals surface area contributed by atoms with Crippen molar-refractivity contribution in [3.63, 3.8) is 0 Å². The van der Waals surface area contributed by atoms with Crippen LogP contribution in [0, 0.1) is 0 Å². The summed E-state index contributed by atoms with van der Waals surface area (Å²) in [7, 11) is 2.02. The first kappa shape index (κ1) is 14.4. The lowest BCUT2D eigenvalue weighted by Crippen LogP contribution is -2.40. The lowest BCUT2D eigenvalue weighted by Gasteiger charge is -2.26. The molecule has 2 atom stereocenters. The summed E-state index contributed by atoms with van der Waals surface area (Å²) in [5.41, 5.74) is 0. The highest BCUT2D eigenvalue weighted by atomic mass is 16.3. The van der Waals surface area contributed by atoms with Crippen molar-refractivity contribution in [2.45, 2.75) is 31.8 Å². The van der Waals surface area contributed by atoms with Crippen LogP contribution < -0.4 is 5.32 Å². The second-order valence-corrected chi connectivity index (χ2v) is 5.85. The molecule has 0 radical (unpaired) electrons. The minimum Gasteiger partial charge on any atom is -0.467 e. The molecule has 5 nitrogen and oxygen atoms in total. The molecule has 3 heterocycles. The van der Waals surface area contributed by atoms with Crippen molar-refractivity contribution in [1.29, 1.82) is 0 Å². The maximum Gasteiger partial charge on any atom is 0.133 e. The van der Waals surface area contributed by atoms with E-state index in [9.17, 15) is 0 Å². The number of aromatic nitrogens is 2. The van der Waals surface area contributed by atoms with Crippen molar-refractivity contribution in [3.05, 3.63) is 42.4 Å². The third-order valence-corrected chi connectivity index (χ3v) is 4.33. The summed E-state index contributed by atoms with van der Waals surface area (Å²) in [6.07, 6.45) is 8.17. The van der Waals surface area contributed by atoms with Crippen LogP contribution in [0.25, 0.3) is 0 Å². The number of aryl methyl sites for hydroxylation is 1. The Morgan fingerprint density at radius 1 is 1.38 bits per heavy atom. The summed E-state index contributed by atoms with van der Waals surface area (Å²) in [5.74, 6) is 1.90. The maximum atomic E-state index is 5.60. The van der Waals surface area contributed by atoms with Gasteiger partial charge in [-0.15, -0.1) is 0 Å². The van der Waals surface area contributed by atoms with E-state index in [2.05, 4.69) is 22.1 Å². The zero-order valence-electron chi connectivity index (χ0n) is 12.8. The number of furan rings is 1. The van der Waals surface area contributed by atoms with Gasteiger partial charge < -0.3 is 8.98 Å². The number of nitrogens with one attached hydrogen (secondary N) is 1. The molecule has 1 saturated heterocycles. The van der Waals surface area contributed by atoms with Gasteiger partial charge in [0.1, 0.15) is 17.6 Å². The van der Waals surface area contributed by atoms with Crippen LogP contribution in [0.5, 0.6) is 0 Å². The van der Waals surface area contributed by atoms with Crippen molar-refractivity contribution in [1.82, 2.24) is 19.8 Å². The molecule has 2 aromatic rings. The molecule has 21 heavy (non-hydrogen) atoms. The Bertz CT molecular complexity index is 542. The third-order valence-electron chi connectivity index (χ3n) is 4.33. The van der Waals surface area contributed by atoms with Crippen LogP contribution in [0.1, 0.15) is 37.4 Å². The SMILES string of the molecule is CC(CNC(c1ccco1)c1nccn1C)N1CCCC1. The predicted octanol–water partition coefficient (Wildman–Crippen LogP) is 2.18. The average molecular weight is 288 g/mol. The molecule has 5 heteroatoms. The summed E-state index contributed by atoms with van der Waals surface area (Å²) in [4.78, 5) is 7.02. The van der Waals surface area contributed by atoms with Gasteiger partial charge in [-0.1, -0.05) is 0 Å². The molecule has 114 valence electrons. The van der Waals surface area contributed by atoms with Crippen molar-refractivity contribution in [3.8, 4) is 0 Å². The molecule has 0 bridgehead atoms. The Hall–Kier alpha value is -1.59. The van der Waals surface area contributed by atoms with Gasteiger partial charge >= 0.3 is 0 Å². The van der Waals surface area contributed by atoms with Crippen LogP contribution in [0.2, 0.25) is 0 Å². The topological polar surface area (TPSA) is 46.2 Å². The van der Waals surface area contributed by atoms with Gasteiger partial charge in [-0.05, 0) is 45.0 Å². The van der Waals surface area contributed by atoms with Crippen molar-refractivity contribution >= 4 is 0 Å². The second kappa shape index (κ2) is 6.45. The molecule has 2 unspecified atom stereocenters. The molecule has 0 aromatic carbocycles. The summed E-state index contributed by atoms with van der Waals surface area (Å²) < 4.78 is 7.65. The predicted molar refractivity (Wildman–Crippen MR) is 82.0 cm³/mol. The van der Waals surface area contributed by atoms with Crippen molar-refractivity contribution in [2.24, 2.45) is 7.05 Å². The lowest BCUT2D eigenvalue weighted by molar-refractivity contribution is 0.244. The number of imidazole rings is 1. The van der Waals surface area contributed by atoms with Crippen LogP contribution in [-0.4, -0.2) is 40.1 Å². The van der Waals surface area contributed by atoms with Gasteiger partial charge in [0.2, 0.25) is 0 Å². The largest absolute Gasteiger partial charge is 0.467 e. The molecule has 0 spiro atoms. The van der Waals surface area contributed by atoms with E-state index in [-0.39, 0.29) is 6.04 Å². The molecule has 0 aliphatic carbocycles. The average Bonchev–Trinajstić information content (AvgIpc) is 3.21. The summed E-state index contributed by atoms with van der Waals surface area (Å²) >= 11 is 0. The normalized spacial score (nSPS) is 19.0. The van der Waals surface area contributed by atoms with Gasteiger partial charge in [0.15, 0.2) is 0 Å². The summed E-state index contributed by atoms with van der Waals surface area (Å²) in [5, 5.41) is 3.62. The highest BCUT2D eigenvalue weighted by Crippen LogP contribution is 2.21. The standard InChI is InChI=1S/C16H24N4O/c1-13(20-8-3-4-9-20)12-18-15(14-6-5-11-21-14)16-17-7-10-19(16)2/h5-7,10-11,13,15,18H,3-4,8-9,12H2,1-2H3. The van der Waals surface area contributed by atoms with E-state index in [0.717, 1.165) is 18.1 Å². The van der Waals surface area contributed by atoms with E-state index < -0.39 is 0 Å². The smallest absolute Gasteiger partial charge is 0.133 e.